The number of fused-ring (bicyclic) bond motifs is 1. The molecule has 2 aromatic carbocycles. The lowest BCUT2D eigenvalue weighted by Gasteiger charge is -2.14. The Bertz CT molecular complexity index is 1170. The van der Waals surface area contributed by atoms with E-state index in [0.717, 1.165) is 12.8 Å². The predicted molar refractivity (Wildman–Crippen MR) is 110 cm³/mol. The largest absolute Gasteiger partial charge is 0.573 e. The molecule has 4 rings (SSSR count). The number of hydrogen-bond acceptors (Lipinski definition) is 4. The fourth-order valence-corrected chi connectivity index (χ4v) is 3.82. The van der Waals surface area contributed by atoms with Gasteiger partial charge in [0.05, 0.1) is 17.7 Å². The summed E-state index contributed by atoms with van der Waals surface area (Å²) in [5, 5.41) is 12.8. The van der Waals surface area contributed by atoms with Gasteiger partial charge in [0, 0.05) is 30.6 Å². The third-order valence-electron chi connectivity index (χ3n) is 5.25. The molecule has 1 fully saturated rings. The van der Waals surface area contributed by atoms with Crippen molar-refractivity contribution in [1.82, 2.24) is 9.88 Å². The molecule has 1 N–H and O–H groups in total. The first-order valence-electron chi connectivity index (χ1n) is 10.1. The summed E-state index contributed by atoms with van der Waals surface area (Å²) in [4.78, 5) is 13.0. The maximum atomic E-state index is 13.0. The van der Waals surface area contributed by atoms with Crippen molar-refractivity contribution in [3.8, 4) is 11.8 Å². The number of amides is 1. The molecule has 9 heteroatoms. The number of hydrogen-bond donors (Lipinski definition) is 1. The van der Waals surface area contributed by atoms with Gasteiger partial charge in [-0.1, -0.05) is 12.1 Å². The fourth-order valence-electron chi connectivity index (χ4n) is 3.82. The number of nitrogens with one attached hydrogen (secondary N) is 1. The summed E-state index contributed by atoms with van der Waals surface area (Å²) in [5.74, 6) is -0.652. The van der Waals surface area contributed by atoms with Crippen LogP contribution in [-0.4, -0.2) is 36.1 Å². The lowest BCUT2D eigenvalue weighted by atomic mass is 10.1. The molecule has 0 spiro atoms. The first-order valence-corrected chi connectivity index (χ1v) is 10.1. The molecule has 0 aliphatic carbocycles. The molecule has 0 radical (unpaired) electrons. The molecule has 1 saturated heterocycles. The number of carbonyl (C=O) groups excluding carboxylic acids is 1. The average molecular weight is 443 g/mol. The molecule has 0 saturated carbocycles. The van der Waals surface area contributed by atoms with Crippen LogP contribution in [0.2, 0.25) is 0 Å². The van der Waals surface area contributed by atoms with Crippen LogP contribution >= 0.6 is 0 Å². The topological polar surface area (TPSA) is 76.3 Å². The Morgan fingerprint density at radius 2 is 2.09 bits per heavy atom. The molecule has 3 aromatic rings. The maximum absolute atomic E-state index is 13.0. The van der Waals surface area contributed by atoms with Crippen LogP contribution in [0.5, 0.6) is 5.75 Å². The molecule has 32 heavy (non-hydrogen) atoms. The Morgan fingerprint density at radius 3 is 2.81 bits per heavy atom. The number of alkyl halides is 3. The summed E-state index contributed by atoms with van der Waals surface area (Å²) in [6.07, 6.45) is -2.99. The van der Waals surface area contributed by atoms with Crippen LogP contribution in [0.4, 0.5) is 13.2 Å². The summed E-state index contributed by atoms with van der Waals surface area (Å²) in [6, 6.07) is 14.4. The number of ether oxygens (including phenoxy) is 2. The molecule has 166 valence electrons. The van der Waals surface area contributed by atoms with Gasteiger partial charge in [0.1, 0.15) is 11.4 Å². The Balaban J connectivity index is 1.65. The molecule has 2 heterocycles. The van der Waals surface area contributed by atoms with E-state index in [1.54, 1.807) is 34.9 Å². The minimum Gasteiger partial charge on any atom is -0.406 e. The van der Waals surface area contributed by atoms with Crippen LogP contribution in [0.3, 0.4) is 0 Å². The summed E-state index contributed by atoms with van der Waals surface area (Å²) < 4.78 is 49.1. The normalized spacial score (nSPS) is 16.1. The van der Waals surface area contributed by atoms with E-state index in [4.69, 9.17) is 4.74 Å². The minimum atomic E-state index is -4.79. The van der Waals surface area contributed by atoms with Crippen molar-refractivity contribution in [2.45, 2.75) is 31.9 Å². The second-order valence-electron chi connectivity index (χ2n) is 7.54. The zero-order chi connectivity index (χ0) is 22.7. The number of carbonyl (C=O) groups is 1. The SMILES string of the molecule is N#Cc1ccc2c(c1)cc(C(=O)NCC1CCCO1)n2Cc1cccc(OC(F)(F)F)c1. The Morgan fingerprint density at radius 1 is 1.25 bits per heavy atom. The summed E-state index contributed by atoms with van der Waals surface area (Å²) >= 11 is 0. The van der Waals surface area contributed by atoms with Gasteiger partial charge in [-0.2, -0.15) is 5.26 Å². The highest BCUT2D eigenvalue weighted by molar-refractivity contribution is 5.99. The van der Waals surface area contributed by atoms with E-state index in [-0.39, 0.29) is 24.3 Å². The summed E-state index contributed by atoms with van der Waals surface area (Å²) in [5.41, 5.74) is 2.01. The number of benzene rings is 2. The van der Waals surface area contributed by atoms with Gasteiger partial charge in [0.15, 0.2) is 0 Å². The van der Waals surface area contributed by atoms with E-state index < -0.39 is 6.36 Å². The van der Waals surface area contributed by atoms with Crippen LogP contribution in [0.25, 0.3) is 10.9 Å². The first-order chi connectivity index (χ1) is 15.3. The molecule has 1 aliphatic heterocycles. The monoisotopic (exact) mass is 443 g/mol. The quantitative estimate of drug-likeness (QED) is 0.614. The standard InChI is InChI=1S/C23H20F3N3O3/c24-23(25,26)32-18-4-1-3-16(10-18)14-29-20-7-6-15(12-27)9-17(20)11-21(29)22(30)28-13-19-5-2-8-31-19/h1,3-4,6-7,9-11,19H,2,5,8,13-14H2,(H,28,30). The van der Waals surface area contributed by atoms with Gasteiger partial charge in [-0.05, 0) is 54.8 Å². The van der Waals surface area contributed by atoms with Gasteiger partial charge in [0.2, 0.25) is 0 Å². The van der Waals surface area contributed by atoms with Crippen molar-refractivity contribution in [3.05, 3.63) is 65.4 Å². The third kappa shape index (κ3) is 5.03. The van der Waals surface area contributed by atoms with Gasteiger partial charge in [-0.3, -0.25) is 4.79 Å². The van der Waals surface area contributed by atoms with Crippen LogP contribution < -0.4 is 10.1 Å². The van der Waals surface area contributed by atoms with Gasteiger partial charge in [0.25, 0.3) is 5.91 Å². The number of rotatable bonds is 6. The van der Waals surface area contributed by atoms with E-state index in [2.05, 4.69) is 16.1 Å². The zero-order valence-corrected chi connectivity index (χ0v) is 17.0. The lowest BCUT2D eigenvalue weighted by molar-refractivity contribution is -0.274. The third-order valence-corrected chi connectivity index (χ3v) is 5.25. The molecule has 0 bridgehead atoms. The molecule has 1 aromatic heterocycles. The van der Waals surface area contributed by atoms with Crippen LogP contribution in [-0.2, 0) is 11.3 Å². The molecule has 1 amide bonds. The molecule has 1 aliphatic rings. The average Bonchev–Trinajstić information content (AvgIpc) is 3.39. The Kier molecular flexibility index (Phi) is 6.06. The minimum absolute atomic E-state index is 0.0295. The van der Waals surface area contributed by atoms with E-state index in [0.29, 0.717) is 40.9 Å². The van der Waals surface area contributed by atoms with Crippen molar-refractivity contribution in [2.75, 3.05) is 13.2 Å². The Hall–Kier alpha value is -3.51. The van der Waals surface area contributed by atoms with Crippen molar-refractivity contribution in [1.29, 1.82) is 5.26 Å². The molecular weight excluding hydrogens is 423 g/mol. The molecule has 1 atom stereocenters. The predicted octanol–water partition coefficient (Wildman–Crippen LogP) is 4.37. The second kappa shape index (κ2) is 8.93. The highest BCUT2D eigenvalue weighted by atomic mass is 19.4. The van der Waals surface area contributed by atoms with Crippen molar-refractivity contribution in [3.63, 3.8) is 0 Å². The lowest BCUT2D eigenvalue weighted by Crippen LogP contribution is -2.33. The van der Waals surface area contributed by atoms with Crippen LogP contribution in [0, 0.1) is 11.3 Å². The van der Waals surface area contributed by atoms with E-state index in [1.165, 1.54) is 18.2 Å². The zero-order valence-electron chi connectivity index (χ0n) is 17.0. The van der Waals surface area contributed by atoms with Crippen molar-refractivity contribution in [2.24, 2.45) is 0 Å². The van der Waals surface area contributed by atoms with Gasteiger partial charge < -0.3 is 19.4 Å². The number of halogens is 3. The van der Waals surface area contributed by atoms with Gasteiger partial charge >= 0.3 is 6.36 Å². The number of aromatic nitrogens is 1. The molecule has 1 unspecified atom stereocenters. The number of nitriles is 1. The van der Waals surface area contributed by atoms with E-state index in [1.807, 2.05) is 0 Å². The van der Waals surface area contributed by atoms with Crippen molar-refractivity contribution < 1.29 is 27.4 Å². The smallest absolute Gasteiger partial charge is 0.406 e. The van der Waals surface area contributed by atoms with Crippen LogP contribution in [0.1, 0.15) is 34.5 Å². The summed E-state index contributed by atoms with van der Waals surface area (Å²) in [6.45, 7) is 1.19. The Labute approximate surface area is 182 Å². The highest BCUT2D eigenvalue weighted by Crippen LogP contribution is 2.26. The first kappa shape index (κ1) is 21.7. The fraction of sp³-hybridized carbons (Fsp3) is 0.304. The van der Waals surface area contributed by atoms with Gasteiger partial charge in [-0.15, -0.1) is 13.2 Å². The van der Waals surface area contributed by atoms with Gasteiger partial charge in [-0.25, -0.2) is 0 Å². The molecule has 6 nitrogen and oxygen atoms in total. The number of nitrogens with zero attached hydrogens (tertiary/aromatic N) is 2. The summed E-state index contributed by atoms with van der Waals surface area (Å²) in [7, 11) is 0. The highest BCUT2D eigenvalue weighted by Gasteiger charge is 2.31. The van der Waals surface area contributed by atoms with E-state index in [9.17, 15) is 23.2 Å². The van der Waals surface area contributed by atoms with E-state index >= 15 is 0 Å². The van der Waals surface area contributed by atoms with Crippen molar-refractivity contribution >= 4 is 16.8 Å². The maximum Gasteiger partial charge on any atom is 0.573 e. The molecular formula is C23H20F3N3O3. The van der Waals surface area contributed by atoms with Crippen LogP contribution in [0.15, 0.2) is 48.5 Å². The second-order valence-corrected chi connectivity index (χ2v) is 7.54.